The molecule has 1 fully saturated rings. The van der Waals surface area contributed by atoms with Crippen molar-refractivity contribution in [3.05, 3.63) is 12.7 Å². The summed E-state index contributed by atoms with van der Waals surface area (Å²) in [6, 6.07) is 0. The SMILES string of the molecule is C=CC(=O)OC(C)C1CCC(C)(CC)C1. The molecule has 0 saturated heterocycles. The topological polar surface area (TPSA) is 26.3 Å². The predicted molar refractivity (Wildman–Crippen MR) is 61.5 cm³/mol. The number of ether oxygens (including phenoxy) is 1. The third-order valence-electron chi connectivity index (χ3n) is 3.86. The zero-order valence-corrected chi connectivity index (χ0v) is 10.1. The Morgan fingerprint density at radius 3 is 2.87 bits per heavy atom. The highest BCUT2D eigenvalue weighted by atomic mass is 16.5. The van der Waals surface area contributed by atoms with Gasteiger partial charge in [-0.2, -0.15) is 0 Å². The van der Waals surface area contributed by atoms with Gasteiger partial charge in [-0.1, -0.05) is 26.8 Å². The summed E-state index contributed by atoms with van der Waals surface area (Å²) >= 11 is 0. The molecule has 1 saturated carbocycles. The van der Waals surface area contributed by atoms with E-state index in [-0.39, 0.29) is 12.1 Å². The van der Waals surface area contributed by atoms with Crippen molar-refractivity contribution in [2.75, 3.05) is 0 Å². The number of hydrogen-bond donors (Lipinski definition) is 0. The molecule has 3 atom stereocenters. The van der Waals surface area contributed by atoms with Crippen LogP contribution in [0.4, 0.5) is 0 Å². The molecular formula is C13H22O2. The van der Waals surface area contributed by atoms with Gasteiger partial charge in [0, 0.05) is 6.08 Å². The molecule has 0 aliphatic heterocycles. The number of carbonyl (C=O) groups is 1. The van der Waals surface area contributed by atoms with Gasteiger partial charge < -0.3 is 4.74 Å². The van der Waals surface area contributed by atoms with Crippen molar-refractivity contribution in [1.29, 1.82) is 0 Å². The monoisotopic (exact) mass is 210 g/mol. The van der Waals surface area contributed by atoms with Crippen LogP contribution in [-0.2, 0) is 9.53 Å². The fraction of sp³-hybridized carbons (Fsp3) is 0.769. The first-order valence-electron chi connectivity index (χ1n) is 5.84. The Balaban J connectivity index is 2.46. The molecule has 1 aliphatic rings. The molecule has 0 aromatic rings. The fourth-order valence-electron chi connectivity index (χ4n) is 2.42. The lowest BCUT2D eigenvalue weighted by Crippen LogP contribution is -2.22. The van der Waals surface area contributed by atoms with Gasteiger partial charge in [-0.05, 0) is 37.5 Å². The van der Waals surface area contributed by atoms with Crippen molar-refractivity contribution < 1.29 is 9.53 Å². The van der Waals surface area contributed by atoms with Gasteiger partial charge >= 0.3 is 5.97 Å². The van der Waals surface area contributed by atoms with Crippen molar-refractivity contribution in [1.82, 2.24) is 0 Å². The summed E-state index contributed by atoms with van der Waals surface area (Å²) in [7, 11) is 0. The number of rotatable bonds is 4. The van der Waals surface area contributed by atoms with Crippen molar-refractivity contribution in [3.8, 4) is 0 Å². The number of hydrogen-bond acceptors (Lipinski definition) is 2. The third kappa shape index (κ3) is 3.08. The van der Waals surface area contributed by atoms with Crippen molar-refractivity contribution in [2.24, 2.45) is 11.3 Å². The minimum Gasteiger partial charge on any atom is -0.459 e. The molecule has 0 aromatic heterocycles. The Morgan fingerprint density at radius 1 is 1.73 bits per heavy atom. The van der Waals surface area contributed by atoms with Crippen LogP contribution >= 0.6 is 0 Å². The van der Waals surface area contributed by atoms with E-state index >= 15 is 0 Å². The van der Waals surface area contributed by atoms with Gasteiger partial charge in [0.15, 0.2) is 0 Å². The third-order valence-corrected chi connectivity index (χ3v) is 3.86. The Kier molecular flexibility index (Phi) is 3.95. The van der Waals surface area contributed by atoms with E-state index in [0.717, 1.165) is 0 Å². The van der Waals surface area contributed by atoms with Crippen LogP contribution < -0.4 is 0 Å². The first kappa shape index (κ1) is 12.3. The zero-order chi connectivity index (χ0) is 11.5. The molecule has 15 heavy (non-hydrogen) atoms. The second-order valence-electron chi connectivity index (χ2n) is 5.01. The molecule has 0 radical (unpaired) electrons. The lowest BCUT2D eigenvalue weighted by molar-refractivity contribution is -0.144. The molecule has 1 aliphatic carbocycles. The van der Waals surface area contributed by atoms with Crippen molar-refractivity contribution in [3.63, 3.8) is 0 Å². The van der Waals surface area contributed by atoms with Crippen LogP contribution in [0.1, 0.15) is 46.5 Å². The highest BCUT2D eigenvalue weighted by molar-refractivity contribution is 5.81. The van der Waals surface area contributed by atoms with Gasteiger partial charge in [-0.25, -0.2) is 4.79 Å². The molecule has 2 nitrogen and oxygen atoms in total. The molecule has 3 unspecified atom stereocenters. The second kappa shape index (κ2) is 4.82. The van der Waals surface area contributed by atoms with Gasteiger partial charge in [0.05, 0.1) is 0 Å². The van der Waals surface area contributed by atoms with Crippen LogP contribution in [-0.4, -0.2) is 12.1 Å². The summed E-state index contributed by atoms with van der Waals surface area (Å²) in [6.45, 7) is 9.97. The molecule has 1 rings (SSSR count). The molecule has 0 bridgehead atoms. The van der Waals surface area contributed by atoms with E-state index in [1.165, 1.54) is 31.8 Å². The fourth-order valence-corrected chi connectivity index (χ4v) is 2.42. The summed E-state index contributed by atoms with van der Waals surface area (Å²) in [5.41, 5.74) is 0.458. The van der Waals surface area contributed by atoms with Crippen molar-refractivity contribution in [2.45, 2.75) is 52.6 Å². The highest BCUT2D eigenvalue weighted by Gasteiger charge is 2.36. The summed E-state index contributed by atoms with van der Waals surface area (Å²) in [6.07, 6.45) is 6.09. The maximum Gasteiger partial charge on any atom is 0.330 e. The quantitative estimate of drug-likeness (QED) is 0.525. The molecule has 0 heterocycles. The number of carbonyl (C=O) groups excluding carboxylic acids is 1. The Bertz CT molecular complexity index is 247. The van der Waals surface area contributed by atoms with E-state index in [1.54, 1.807) is 0 Å². The van der Waals surface area contributed by atoms with E-state index in [2.05, 4.69) is 20.4 Å². The van der Waals surface area contributed by atoms with Crippen molar-refractivity contribution >= 4 is 5.97 Å². The van der Waals surface area contributed by atoms with Crippen LogP contribution in [0.3, 0.4) is 0 Å². The Morgan fingerprint density at radius 2 is 2.40 bits per heavy atom. The van der Waals surface area contributed by atoms with Crippen LogP contribution in [0.25, 0.3) is 0 Å². The molecular weight excluding hydrogens is 188 g/mol. The normalized spacial score (nSPS) is 32.3. The molecule has 0 amide bonds. The number of esters is 1. The van der Waals surface area contributed by atoms with Crippen LogP contribution in [0.2, 0.25) is 0 Å². The smallest absolute Gasteiger partial charge is 0.330 e. The second-order valence-corrected chi connectivity index (χ2v) is 5.01. The maximum atomic E-state index is 11.1. The maximum absolute atomic E-state index is 11.1. The van der Waals surface area contributed by atoms with Crippen LogP contribution in [0.15, 0.2) is 12.7 Å². The Labute approximate surface area is 92.7 Å². The highest BCUT2D eigenvalue weighted by Crippen LogP contribution is 2.45. The Hall–Kier alpha value is -0.790. The predicted octanol–water partition coefficient (Wildman–Crippen LogP) is 3.32. The lowest BCUT2D eigenvalue weighted by Gasteiger charge is -2.24. The minimum absolute atomic E-state index is 0.0314. The van der Waals surface area contributed by atoms with Gasteiger partial charge in [0.2, 0.25) is 0 Å². The van der Waals surface area contributed by atoms with Gasteiger partial charge in [-0.3, -0.25) is 0 Å². The van der Waals surface area contributed by atoms with Crippen LogP contribution in [0, 0.1) is 11.3 Å². The zero-order valence-electron chi connectivity index (χ0n) is 10.1. The first-order chi connectivity index (χ1) is 7.00. The molecule has 0 aromatic carbocycles. The van der Waals surface area contributed by atoms with Gasteiger partial charge in [0.1, 0.15) is 6.10 Å². The molecule has 0 N–H and O–H groups in total. The van der Waals surface area contributed by atoms with E-state index < -0.39 is 0 Å². The van der Waals surface area contributed by atoms with E-state index in [9.17, 15) is 4.79 Å². The average Bonchev–Trinajstić information content (AvgIpc) is 2.62. The largest absolute Gasteiger partial charge is 0.459 e. The minimum atomic E-state index is -0.299. The first-order valence-corrected chi connectivity index (χ1v) is 5.84. The molecule has 86 valence electrons. The van der Waals surface area contributed by atoms with E-state index in [0.29, 0.717) is 11.3 Å². The van der Waals surface area contributed by atoms with Gasteiger partial charge in [-0.15, -0.1) is 0 Å². The summed E-state index contributed by atoms with van der Waals surface area (Å²) in [4.78, 5) is 11.1. The average molecular weight is 210 g/mol. The van der Waals surface area contributed by atoms with Gasteiger partial charge in [0.25, 0.3) is 0 Å². The van der Waals surface area contributed by atoms with E-state index in [4.69, 9.17) is 4.74 Å². The summed E-state index contributed by atoms with van der Waals surface area (Å²) in [5, 5.41) is 0. The molecule has 0 spiro atoms. The summed E-state index contributed by atoms with van der Waals surface area (Å²) < 4.78 is 5.26. The van der Waals surface area contributed by atoms with Crippen LogP contribution in [0.5, 0.6) is 0 Å². The lowest BCUT2D eigenvalue weighted by atomic mass is 9.84. The van der Waals surface area contributed by atoms with E-state index in [1.807, 2.05) is 6.92 Å². The standard InChI is InChI=1S/C13H22O2/c1-5-12(14)15-10(3)11-7-8-13(4,6-2)9-11/h5,10-11H,1,6-9H2,2-4H3. The molecule has 2 heteroatoms. The summed E-state index contributed by atoms with van der Waals surface area (Å²) in [5.74, 6) is 0.228.